The highest BCUT2D eigenvalue weighted by molar-refractivity contribution is 5.90. The Bertz CT molecular complexity index is 285. The SMILES string of the molecule is CC=CC(=CC=CCCCCCCC)C(=O)O. The molecule has 0 heterocycles. The van der Waals surface area contributed by atoms with Gasteiger partial charge in [0, 0.05) is 0 Å². The van der Waals surface area contributed by atoms with E-state index in [4.69, 9.17) is 5.11 Å². The molecular formula is C15H24O2. The summed E-state index contributed by atoms with van der Waals surface area (Å²) in [7, 11) is 0. The van der Waals surface area contributed by atoms with Crippen molar-refractivity contribution in [3.63, 3.8) is 0 Å². The first-order valence-electron chi connectivity index (χ1n) is 6.45. The summed E-state index contributed by atoms with van der Waals surface area (Å²) in [6.07, 6.45) is 16.2. The van der Waals surface area contributed by atoms with Crippen LogP contribution in [0, 0.1) is 0 Å². The molecule has 0 fully saturated rings. The molecule has 0 aromatic carbocycles. The fourth-order valence-electron chi connectivity index (χ4n) is 1.51. The van der Waals surface area contributed by atoms with Crippen LogP contribution < -0.4 is 0 Å². The number of unbranched alkanes of at least 4 members (excludes halogenated alkanes) is 5. The van der Waals surface area contributed by atoms with E-state index in [0.29, 0.717) is 5.57 Å². The number of carbonyl (C=O) groups is 1. The highest BCUT2D eigenvalue weighted by atomic mass is 16.4. The molecule has 0 aliphatic heterocycles. The largest absolute Gasteiger partial charge is 0.478 e. The lowest BCUT2D eigenvalue weighted by Crippen LogP contribution is -1.96. The molecule has 0 spiro atoms. The maximum absolute atomic E-state index is 10.8. The number of carboxylic acids is 1. The van der Waals surface area contributed by atoms with Crippen LogP contribution >= 0.6 is 0 Å². The van der Waals surface area contributed by atoms with Gasteiger partial charge in [-0.2, -0.15) is 0 Å². The van der Waals surface area contributed by atoms with Gasteiger partial charge >= 0.3 is 5.97 Å². The second-order valence-corrected chi connectivity index (χ2v) is 4.06. The molecule has 0 atom stereocenters. The number of aliphatic carboxylic acids is 1. The standard InChI is InChI=1S/C15H24O2/c1-3-5-6-7-8-9-10-11-13-14(12-4-2)15(16)17/h4,10-13H,3,5-9H2,1-2H3,(H,16,17). The third kappa shape index (κ3) is 9.61. The fraction of sp³-hybridized carbons (Fsp3) is 0.533. The Morgan fingerprint density at radius 1 is 1.18 bits per heavy atom. The van der Waals surface area contributed by atoms with E-state index >= 15 is 0 Å². The van der Waals surface area contributed by atoms with Crippen molar-refractivity contribution in [3.8, 4) is 0 Å². The van der Waals surface area contributed by atoms with Gasteiger partial charge < -0.3 is 5.11 Å². The molecule has 96 valence electrons. The molecule has 0 aliphatic carbocycles. The van der Waals surface area contributed by atoms with E-state index in [9.17, 15) is 4.79 Å². The molecule has 0 saturated heterocycles. The zero-order valence-corrected chi connectivity index (χ0v) is 11.0. The summed E-state index contributed by atoms with van der Waals surface area (Å²) in [6, 6.07) is 0. The highest BCUT2D eigenvalue weighted by Crippen LogP contribution is 2.06. The number of hydrogen-bond donors (Lipinski definition) is 1. The summed E-state index contributed by atoms with van der Waals surface area (Å²) >= 11 is 0. The normalized spacial score (nSPS) is 12.7. The first-order valence-corrected chi connectivity index (χ1v) is 6.45. The number of rotatable bonds is 9. The summed E-state index contributed by atoms with van der Waals surface area (Å²) in [5, 5.41) is 8.85. The molecule has 0 unspecified atom stereocenters. The van der Waals surface area contributed by atoms with E-state index in [2.05, 4.69) is 6.92 Å². The first-order chi connectivity index (χ1) is 8.22. The van der Waals surface area contributed by atoms with Gasteiger partial charge in [0.15, 0.2) is 0 Å². The van der Waals surface area contributed by atoms with Gasteiger partial charge in [0.25, 0.3) is 0 Å². The molecule has 1 N–H and O–H groups in total. The summed E-state index contributed by atoms with van der Waals surface area (Å²) < 4.78 is 0. The van der Waals surface area contributed by atoms with Gasteiger partial charge in [-0.3, -0.25) is 0 Å². The Morgan fingerprint density at radius 3 is 2.47 bits per heavy atom. The van der Waals surface area contributed by atoms with E-state index in [-0.39, 0.29) is 0 Å². The summed E-state index contributed by atoms with van der Waals surface area (Å²) in [5.74, 6) is -0.879. The Balaban J connectivity index is 3.83. The molecule has 0 saturated carbocycles. The highest BCUT2D eigenvalue weighted by Gasteiger charge is 1.99. The van der Waals surface area contributed by atoms with Gasteiger partial charge in [-0.05, 0) is 25.8 Å². The predicted octanol–water partition coefficient (Wildman–Crippen LogP) is 4.49. The van der Waals surface area contributed by atoms with Crippen molar-refractivity contribution >= 4 is 5.97 Å². The first kappa shape index (κ1) is 15.7. The number of carboxylic acid groups (broad SMARTS) is 1. The quantitative estimate of drug-likeness (QED) is 0.364. The second-order valence-electron chi connectivity index (χ2n) is 4.06. The van der Waals surface area contributed by atoms with Crippen LogP contribution in [0.15, 0.2) is 36.0 Å². The van der Waals surface area contributed by atoms with Crippen LogP contribution in [0.25, 0.3) is 0 Å². The Labute approximate surface area is 105 Å². The van der Waals surface area contributed by atoms with Crippen molar-refractivity contribution in [1.29, 1.82) is 0 Å². The summed E-state index contributed by atoms with van der Waals surface area (Å²) in [4.78, 5) is 10.8. The van der Waals surface area contributed by atoms with E-state index in [1.54, 1.807) is 18.2 Å². The van der Waals surface area contributed by atoms with Gasteiger partial charge in [0.05, 0.1) is 5.57 Å². The van der Waals surface area contributed by atoms with Crippen LogP contribution in [0.5, 0.6) is 0 Å². The Kier molecular flexibility index (Phi) is 10.3. The molecule has 2 heteroatoms. The zero-order chi connectivity index (χ0) is 12.9. The smallest absolute Gasteiger partial charge is 0.335 e. The van der Waals surface area contributed by atoms with Gasteiger partial charge in [-0.15, -0.1) is 0 Å². The molecule has 0 bridgehead atoms. The maximum Gasteiger partial charge on any atom is 0.335 e. The molecule has 0 aromatic heterocycles. The van der Waals surface area contributed by atoms with Gasteiger partial charge in [-0.1, -0.05) is 56.9 Å². The van der Waals surface area contributed by atoms with Crippen molar-refractivity contribution in [2.75, 3.05) is 0 Å². The lowest BCUT2D eigenvalue weighted by Gasteiger charge is -1.95. The van der Waals surface area contributed by atoms with Crippen LogP contribution in [0.2, 0.25) is 0 Å². The minimum Gasteiger partial charge on any atom is -0.478 e. The lowest BCUT2D eigenvalue weighted by molar-refractivity contribution is -0.132. The number of allylic oxidation sites excluding steroid dienone is 4. The van der Waals surface area contributed by atoms with Crippen molar-refractivity contribution in [2.45, 2.75) is 52.4 Å². The van der Waals surface area contributed by atoms with E-state index < -0.39 is 5.97 Å². The molecule has 17 heavy (non-hydrogen) atoms. The third-order valence-corrected chi connectivity index (χ3v) is 2.48. The van der Waals surface area contributed by atoms with E-state index in [1.807, 2.05) is 19.1 Å². The van der Waals surface area contributed by atoms with Crippen LogP contribution in [-0.4, -0.2) is 11.1 Å². The minimum atomic E-state index is -0.879. The van der Waals surface area contributed by atoms with Gasteiger partial charge in [-0.25, -0.2) is 4.79 Å². The molecule has 2 nitrogen and oxygen atoms in total. The van der Waals surface area contributed by atoms with E-state index in [1.165, 1.54) is 32.1 Å². The third-order valence-electron chi connectivity index (χ3n) is 2.48. The predicted molar refractivity (Wildman–Crippen MR) is 73.0 cm³/mol. The molecule has 0 amide bonds. The van der Waals surface area contributed by atoms with Crippen molar-refractivity contribution in [1.82, 2.24) is 0 Å². The average molecular weight is 236 g/mol. The van der Waals surface area contributed by atoms with Gasteiger partial charge in [0.1, 0.15) is 0 Å². The summed E-state index contributed by atoms with van der Waals surface area (Å²) in [6.45, 7) is 4.02. The van der Waals surface area contributed by atoms with Crippen LogP contribution in [0.3, 0.4) is 0 Å². The molecule has 0 aliphatic rings. The average Bonchev–Trinajstić information content (AvgIpc) is 2.31. The number of hydrogen-bond acceptors (Lipinski definition) is 1. The minimum absolute atomic E-state index is 0.328. The molecule has 0 radical (unpaired) electrons. The van der Waals surface area contributed by atoms with Crippen LogP contribution in [0.1, 0.15) is 52.4 Å². The fourth-order valence-corrected chi connectivity index (χ4v) is 1.51. The van der Waals surface area contributed by atoms with Crippen LogP contribution in [0.4, 0.5) is 0 Å². The van der Waals surface area contributed by atoms with Crippen molar-refractivity contribution in [2.24, 2.45) is 0 Å². The monoisotopic (exact) mass is 236 g/mol. The van der Waals surface area contributed by atoms with Crippen LogP contribution in [-0.2, 0) is 4.79 Å². The zero-order valence-electron chi connectivity index (χ0n) is 11.0. The summed E-state index contributed by atoms with van der Waals surface area (Å²) in [5.41, 5.74) is 0.328. The molecule has 0 rings (SSSR count). The maximum atomic E-state index is 10.8. The van der Waals surface area contributed by atoms with E-state index in [0.717, 1.165) is 6.42 Å². The molecule has 0 aromatic rings. The molecular weight excluding hydrogens is 212 g/mol. The lowest BCUT2D eigenvalue weighted by atomic mass is 10.1. The van der Waals surface area contributed by atoms with Crippen molar-refractivity contribution in [3.05, 3.63) is 36.0 Å². The Hall–Kier alpha value is -1.31. The Morgan fingerprint density at radius 2 is 1.88 bits per heavy atom. The van der Waals surface area contributed by atoms with Crippen molar-refractivity contribution < 1.29 is 9.90 Å². The van der Waals surface area contributed by atoms with Gasteiger partial charge in [0.2, 0.25) is 0 Å². The second kappa shape index (κ2) is 11.2. The topological polar surface area (TPSA) is 37.3 Å².